The van der Waals surface area contributed by atoms with Crippen LogP contribution in [0.1, 0.15) is 30.5 Å². The summed E-state index contributed by atoms with van der Waals surface area (Å²) < 4.78 is 0. The van der Waals surface area contributed by atoms with Gasteiger partial charge in [-0.25, -0.2) is 0 Å². The molecular weight excluding hydrogens is 360 g/mol. The Labute approximate surface area is 172 Å². The highest BCUT2D eigenvalue weighted by molar-refractivity contribution is 5.98. The second-order valence-corrected chi connectivity index (χ2v) is 7.91. The summed E-state index contributed by atoms with van der Waals surface area (Å²) in [6.07, 6.45) is 0.238. The summed E-state index contributed by atoms with van der Waals surface area (Å²) in [6.45, 7) is 7.85. The van der Waals surface area contributed by atoms with Gasteiger partial charge in [0.2, 0.25) is 11.8 Å². The van der Waals surface area contributed by atoms with Crippen molar-refractivity contribution in [1.82, 2.24) is 5.32 Å². The van der Waals surface area contributed by atoms with E-state index in [0.717, 1.165) is 33.2 Å². The topological polar surface area (TPSA) is 58.2 Å². The number of hydrogen-bond acceptors (Lipinski definition) is 2. The van der Waals surface area contributed by atoms with Crippen molar-refractivity contribution in [2.75, 3.05) is 5.32 Å². The van der Waals surface area contributed by atoms with Gasteiger partial charge in [-0.2, -0.15) is 0 Å². The summed E-state index contributed by atoms with van der Waals surface area (Å²) in [4.78, 5) is 25.6. The van der Waals surface area contributed by atoms with Crippen LogP contribution >= 0.6 is 0 Å². The maximum absolute atomic E-state index is 12.9. The number of benzene rings is 3. The molecule has 1 atom stereocenters. The van der Waals surface area contributed by atoms with Crippen molar-refractivity contribution in [3.05, 3.63) is 77.4 Å². The van der Waals surface area contributed by atoms with Gasteiger partial charge in [0, 0.05) is 5.69 Å². The van der Waals surface area contributed by atoms with Crippen LogP contribution in [0.4, 0.5) is 5.69 Å². The Balaban J connectivity index is 1.72. The Kier molecular flexibility index (Phi) is 6.32. The van der Waals surface area contributed by atoms with Crippen LogP contribution in [-0.4, -0.2) is 17.9 Å². The smallest absolute Gasteiger partial charge is 0.247 e. The third-order valence-corrected chi connectivity index (χ3v) is 5.14. The molecule has 0 aliphatic heterocycles. The van der Waals surface area contributed by atoms with Gasteiger partial charge in [-0.1, -0.05) is 74.0 Å². The Hall–Kier alpha value is -3.14. The molecule has 4 nitrogen and oxygen atoms in total. The lowest BCUT2D eigenvalue weighted by Crippen LogP contribution is -2.47. The molecular formula is C25H28N2O2. The quantitative estimate of drug-likeness (QED) is 0.638. The molecule has 0 radical (unpaired) electrons. The standard InChI is InChI=1S/C25H28N2O2/c1-16(2)24(25(29)26-22-13-12-17(3)14-18(22)4)27-23(28)15-20-10-7-9-19-8-5-6-11-21(19)20/h5-14,16,24H,15H2,1-4H3,(H,26,29)(H,27,28)/t24-/m0/s1. The highest BCUT2D eigenvalue weighted by Gasteiger charge is 2.25. The highest BCUT2D eigenvalue weighted by Crippen LogP contribution is 2.20. The molecule has 0 heterocycles. The largest absolute Gasteiger partial charge is 0.344 e. The predicted octanol–water partition coefficient (Wildman–Crippen LogP) is 4.78. The van der Waals surface area contributed by atoms with Crippen LogP contribution in [-0.2, 0) is 16.0 Å². The second-order valence-electron chi connectivity index (χ2n) is 7.91. The Bertz CT molecular complexity index is 1030. The van der Waals surface area contributed by atoms with Crippen molar-refractivity contribution >= 4 is 28.3 Å². The molecule has 0 spiro atoms. The molecule has 150 valence electrons. The lowest BCUT2D eigenvalue weighted by atomic mass is 10.00. The average Bonchev–Trinajstić information content (AvgIpc) is 2.68. The SMILES string of the molecule is Cc1ccc(NC(=O)[C@@H](NC(=O)Cc2cccc3ccccc23)C(C)C)c(C)c1. The maximum atomic E-state index is 12.9. The Morgan fingerprint density at radius 3 is 2.38 bits per heavy atom. The van der Waals surface area contributed by atoms with Gasteiger partial charge in [0.25, 0.3) is 0 Å². The van der Waals surface area contributed by atoms with E-state index >= 15 is 0 Å². The number of fused-ring (bicyclic) bond motifs is 1. The third-order valence-electron chi connectivity index (χ3n) is 5.14. The van der Waals surface area contributed by atoms with Crippen molar-refractivity contribution in [3.8, 4) is 0 Å². The summed E-state index contributed by atoms with van der Waals surface area (Å²) in [5.41, 5.74) is 3.87. The minimum atomic E-state index is -0.599. The van der Waals surface area contributed by atoms with Crippen LogP contribution in [0.25, 0.3) is 10.8 Å². The summed E-state index contributed by atoms with van der Waals surface area (Å²) in [7, 11) is 0. The van der Waals surface area contributed by atoms with E-state index in [-0.39, 0.29) is 24.2 Å². The zero-order valence-corrected chi connectivity index (χ0v) is 17.5. The number of amides is 2. The van der Waals surface area contributed by atoms with Crippen LogP contribution in [0.2, 0.25) is 0 Å². The fraction of sp³-hybridized carbons (Fsp3) is 0.280. The maximum Gasteiger partial charge on any atom is 0.247 e. The molecule has 0 unspecified atom stereocenters. The molecule has 0 aromatic heterocycles. The van der Waals surface area contributed by atoms with E-state index in [2.05, 4.69) is 10.6 Å². The van der Waals surface area contributed by atoms with E-state index in [9.17, 15) is 9.59 Å². The number of anilines is 1. The van der Waals surface area contributed by atoms with Crippen molar-refractivity contribution in [2.24, 2.45) is 5.92 Å². The molecule has 29 heavy (non-hydrogen) atoms. The molecule has 0 aliphatic rings. The first kappa shape index (κ1) is 20.6. The second kappa shape index (κ2) is 8.91. The van der Waals surface area contributed by atoms with Crippen LogP contribution in [0, 0.1) is 19.8 Å². The van der Waals surface area contributed by atoms with Crippen molar-refractivity contribution < 1.29 is 9.59 Å². The summed E-state index contributed by atoms with van der Waals surface area (Å²) >= 11 is 0. The van der Waals surface area contributed by atoms with Crippen LogP contribution in [0.5, 0.6) is 0 Å². The van der Waals surface area contributed by atoms with Gasteiger partial charge < -0.3 is 10.6 Å². The minimum absolute atomic E-state index is 0.0304. The normalized spacial score (nSPS) is 12.0. The number of aryl methyl sites for hydroxylation is 2. The molecule has 2 N–H and O–H groups in total. The van der Waals surface area contributed by atoms with E-state index in [4.69, 9.17) is 0 Å². The molecule has 2 amide bonds. The lowest BCUT2D eigenvalue weighted by Gasteiger charge is -2.22. The third kappa shape index (κ3) is 5.02. The van der Waals surface area contributed by atoms with Crippen molar-refractivity contribution in [2.45, 2.75) is 40.2 Å². The van der Waals surface area contributed by atoms with E-state index < -0.39 is 6.04 Å². The average molecular weight is 389 g/mol. The number of rotatable bonds is 6. The highest BCUT2D eigenvalue weighted by atomic mass is 16.2. The molecule has 4 heteroatoms. The monoisotopic (exact) mass is 388 g/mol. The van der Waals surface area contributed by atoms with Gasteiger partial charge in [-0.3, -0.25) is 9.59 Å². The van der Waals surface area contributed by atoms with Gasteiger partial charge in [-0.05, 0) is 47.7 Å². The van der Waals surface area contributed by atoms with Crippen LogP contribution < -0.4 is 10.6 Å². The molecule has 0 saturated heterocycles. The van der Waals surface area contributed by atoms with E-state index in [1.807, 2.05) is 88.4 Å². The first-order valence-electron chi connectivity index (χ1n) is 9.99. The van der Waals surface area contributed by atoms with Crippen molar-refractivity contribution in [3.63, 3.8) is 0 Å². The molecule has 0 fully saturated rings. The first-order chi connectivity index (χ1) is 13.8. The summed E-state index contributed by atoms with van der Waals surface area (Å²) in [5.74, 6) is -0.383. The van der Waals surface area contributed by atoms with Gasteiger partial charge in [-0.15, -0.1) is 0 Å². The summed E-state index contributed by atoms with van der Waals surface area (Å²) in [5, 5.41) is 8.06. The number of hydrogen-bond donors (Lipinski definition) is 2. The fourth-order valence-electron chi connectivity index (χ4n) is 3.54. The molecule has 0 aliphatic carbocycles. The molecule has 3 rings (SSSR count). The van der Waals surface area contributed by atoms with Crippen molar-refractivity contribution in [1.29, 1.82) is 0 Å². The lowest BCUT2D eigenvalue weighted by molar-refractivity contribution is -0.127. The number of carbonyl (C=O) groups excluding carboxylic acids is 2. The fourth-order valence-corrected chi connectivity index (χ4v) is 3.54. The predicted molar refractivity (Wildman–Crippen MR) is 119 cm³/mol. The van der Waals surface area contributed by atoms with Crippen LogP contribution in [0.15, 0.2) is 60.7 Å². The van der Waals surface area contributed by atoms with Crippen LogP contribution in [0.3, 0.4) is 0 Å². The Morgan fingerprint density at radius 1 is 0.931 bits per heavy atom. The van der Waals surface area contributed by atoms with Gasteiger partial charge in [0.15, 0.2) is 0 Å². The number of carbonyl (C=O) groups is 2. The molecule has 0 bridgehead atoms. The zero-order valence-electron chi connectivity index (χ0n) is 17.5. The first-order valence-corrected chi connectivity index (χ1v) is 9.99. The van der Waals surface area contributed by atoms with E-state index in [0.29, 0.717) is 0 Å². The Morgan fingerprint density at radius 2 is 1.66 bits per heavy atom. The minimum Gasteiger partial charge on any atom is -0.344 e. The van der Waals surface area contributed by atoms with E-state index in [1.165, 1.54) is 0 Å². The van der Waals surface area contributed by atoms with Gasteiger partial charge >= 0.3 is 0 Å². The van der Waals surface area contributed by atoms with E-state index in [1.54, 1.807) is 0 Å². The summed E-state index contributed by atoms with van der Waals surface area (Å²) in [6, 6.07) is 19.2. The molecule has 0 saturated carbocycles. The van der Waals surface area contributed by atoms with Gasteiger partial charge in [0.1, 0.15) is 6.04 Å². The van der Waals surface area contributed by atoms with Gasteiger partial charge in [0.05, 0.1) is 6.42 Å². The molecule has 3 aromatic carbocycles. The molecule has 3 aromatic rings. The number of nitrogens with one attached hydrogen (secondary N) is 2. The zero-order chi connectivity index (χ0) is 21.0.